The van der Waals surface area contributed by atoms with Crippen LogP contribution in [0.4, 0.5) is 5.69 Å². The molecule has 0 saturated heterocycles. The Hall–Kier alpha value is -1.81. The van der Waals surface area contributed by atoms with Crippen LogP contribution in [0.5, 0.6) is 0 Å². The average molecular weight is 289 g/mol. The summed E-state index contributed by atoms with van der Waals surface area (Å²) < 4.78 is 27.2. The van der Waals surface area contributed by atoms with Gasteiger partial charge in [0.1, 0.15) is 0 Å². The number of sulfonamides is 1. The summed E-state index contributed by atoms with van der Waals surface area (Å²) in [5, 5.41) is 0. The van der Waals surface area contributed by atoms with Gasteiger partial charge < -0.3 is 0 Å². The Balaban J connectivity index is 2.25. The standard InChI is InChI=1S/C16H19NO2S/c1-3-13-8-10-16(11-9-13)20(18,19)17-15-7-5-6-14(4-2)12-15/h5-12,17H,3-4H2,1-2H3. The molecule has 20 heavy (non-hydrogen) atoms. The highest BCUT2D eigenvalue weighted by Gasteiger charge is 2.13. The van der Waals surface area contributed by atoms with Gasteiger partial charge in [-0.15, -0.1) is 0 Å². The van der Waals surface area contributed by atoms with Gasteiger partial charge in [-0.3, -0.25) is 4.72 Å². The Kier molecular flexibility index (Phi) is 4.45. The minimum Gasteiger partial charge on any atom is -0.280 e. The summed E-state index contributed by atoms with van der Waals surface area (Å²) in [6.45, 7) is 4.08. The lowest BCUT2D eigenvalue weighted by molar-refractivity contribution is 0.601. The molecule has 0 fully saturated rings. The SMILES string of the molecule is CCc1ccc(S(=O)(=O)Nc2cccc(CC)c2)cc1. The summed E-state index contributed by atoms with van der Waals surface area (Å²) in [6.07, 6.45) is 1.77. The molecule has 0 saturated carbocycles. The molecule has 0 bridgehead atoms. The molecule has 0 aliphatic rings. The van der Waals surface area contributed by atoms with Crippen molar-refractivity contribution in [3.8, 4) is 0 Å². The van der Waals surface area contributed by atoms with Gasteiger partial charge in [0.05, 0.1) is 4.90 Å². The van der Waals surface area contributed by atoms with Gasteiger partial charge in [-0.25, -0.2) is 8.42 Å². The number of anilines is 1. The van der Waals surface area contributed by atoms with E-state index in [9.17, 15) is 8.42 Å². The van der Waals surface area contributed by atoms with Gasteiger partial charge in [-0.05, 0) is 48.2 Å². The smallest absolute Gasteiger partial charge is 0.261 e. The fraction of sp³-hybridized carbons (Fsp3) is 0.250. The highest BCUT2D eigenvalue weighted by atomic mass is 32.2. The van der Waals surface area contributed by atoms with Crippen molar-refractivity contribution >= 4 is 15.7 Å². The van der Waals surface area contributed by atoms with E-state index in [2.05, 4.69) is 4.72 Å². The van der Waals surface area contributed by atoms with Gasteiger partial charge in [0.15, 0.2) is 0 Å². The number of benzene rings is 2. The van der Waals surface area contributed by atoms with Crippen molar-refractivity contribution in [1.29, 1.82) is 0 Å². The van der Waals surface area contributed by atoms with Crippen LogP contribution in [0.15, 0.2) is 53.4 Å². The number of hydrogen-bond acceptors (Lipinski definition) is 2. The normalized spacial score (nSPS) is 11.3. The Morgan fingerprint density at radius 3 is 2.15 bits per heavy atom. The Bertz CT molecular complexity index is 676. The molecule has 4 heteroatoms. The maximum Gasteiger partial charge on any atom is 0.261 e. The molecule has 0 unspecified atom stereocenters. The van der Waals surface area contributed by atoms with Gasteiger partial charge in [0.2, 0.25) is 0 Å². The Labute approximate surface area is 120 Å². The van der Waals surface area contributed by atoms with E-state index in [4.69, 9.17) is 0 Å². The van der Waals surface area contributed by atoms with Gasteiger partial charge in [0, 0.05) is 5.69 Å². The first kappa shape index (κ1) is 14.6. The molecule has 0 amide bonds. The van der Waals surface area contributed by atoms with Crippen molar-refractivity contribution in [3.05, 3.63) is 59.7 Å². The molecular weight excluding hydrogens is 270 g/mol. The third kappa shape index (κ3) is 3.39. The van der Waals surface area contributed by atoms with Crippen LogP contribution in [0.25, 0.3) is 0 Å². The lowest BCUT2D eigenvalue weighted by Crippen LogP contribution is -2.13. The number of nitrogens with one attached hydrogen (secondary N) is 1. The molecule has 0 aromatic heterocycles. The third-order valence-electron chi connectivity index (χ3n) is 3.23. The van der Waals surface area contributed by atoms with Gasteiger partial charge in [-0.2, -0.15) is 0 Å². The predicted molar refractivity (Wildman–Crippen MR) is 82.4 cm³/mol. The zero-order valence-electron chi connectivity index (χ0n) is 11.8. The monoisotopic (exact) mass is 289 g/mol. The second kappa shape index (κ2) is 6.09. The molecule has 1 N–H and O–H groups in total. The van der Waals surface area contributed by atoms with Gasteiger partial charge >= 0.3 is 0 Å². The van der Waals surface area contributed by atoms with Crippen LogP contribution in [0.3, 0.4) is 0 Å². The number of hydrogen-bond donors (Lipinski definition) is 1. The van der Waals surface area contributed by atoms with Crippen molar-refractivity contribution in [2.75, 3.05) is 4.72 Å². The van der Waals surface area contributed by atoms with E-state index < -0.39 is 10.0 Å². The van der Waals surface area contributed by atoms with Crippen LogP contribution in [0.2, 0.25) is 0 Å². The van der Waals surface area contributed by atoms with Gasteiger partial charge in [0.25, 0.3) is 10.0 Å². The van der Waals surface area contributed by atoms with Crippen LogP contribution in [0, 0.1) is 0 Å². The molecule has 106 valence electrons. The molecule has 0 atom stereocenters. The molecule has 0 heterocycles. The van der Waals surface area contributed by atoms with Crippen molar-refractivity contribution < 1.29 is 8.42 Å². The molecule has 2 rings (SSSR count). The summed E-state index contributed by atoms with van der Waals surface area (Å²) in [4.78, 5) is 0.289. The zero-order chi connectivity index (χ0) is 14.6. The highest BCUT2D eigenvalue weighted by molar-refractivity contribution is 7.92. The summed E-state index contributed by atoms with van der Waals surface area (Å²) in [7, 11) is -3.51. The largest absolute Gasteiger partial charge is 0.280 e. The van der Waals surface area contributed by atoms with Crippen LogP contribution >= 0.6 is 0 Å². The van der Waals surface area contributed by atoms with Crippen LogP contribution in [-0.4, -0.2) is 8.42 Å². The number of aryl methyl sites for hydroxylation is 2. The van der Waals surface area contributed by atoms with Crippen molar-refractivity contribution in [1.82, 2.24) is 0 Å². The third-order valence-corrected chi connectivity index (χ3v) is 4.63. The molecule has 3 nitrogen and oxygen atoms in total. The predicted octanol–water partition coefficient (Wildman–Crippen LogP) is 3.61. The maximum absolute atomic E-state index is 12.3. The van der Waals surface area contributed by atoms with Crippen molar-refractivity contribution in [3.63, 3.8) is 0 Å². The fourth-order valence-corrected chi connectivity index (χ4v) is 3.02. The first-order valence-electron chi connectivity index (χ1n) is 6.76. The minimum atomic E-state index is -3.51. The fourth-order valence-electron chi connectivity index (χ4n) is 1.97. The molecule has 2 aromatic carbocycles. The highest BCUT2D eigenvalue weighted by Crippen LogP contribution is 2.18. The molecular formula is C16H19NO2S. The van der Waals surface area contributed by atoms with E-state index >= 15 is 0 Å². The van der Waals surface area contributed by atoms with E-state index in [1.807, 2.05) is 44.2 Å². The van der Waals surface area contributed by atoms with Crippen molar-refractivity contribution in [2.24, 2.45) is 0 Å². The molecule has 0 radical (unpaired) electrons. The maximum atomic E-state index is 12.3. The van der Waals surface area contributed by atoms with E-state index in [-0.39, 0.29) is 4.90 Å². The van der Waals surface area contributed by atoms with Crippen molar-refractivity contribution in [2.45, 2.75) is 31.6 Å². The molecule has 0 aliphatic heterocycles. The number of rotatable bonds is 5. The second-order valence-electron chi connectivity index (χ2n) is 4.66. The van der Waals surface area contributed by atoms with Gasteiger partial charge in [-0.1, -0.05) is 38.1 Å². The summed E-state index contributed by atoms with van der Waals surface area (Å²) in [5.41, 5.74) is 2.83. The summed E-state index contributed by atoms with van der Waals surface area (Å²) >= 11 is 0. The Morgan fingerprint density at radius 1 is 0.900 bits per heavy atom. The molecule has 2 aromatic rings. The lowest BCUT2D eigenvalue weighted by atomic mass is 10.1. The molecule has 0 spiro atoms. The Morgan fingerprint density at radius 2 is 1.55 bits per heavy atom. The van der Waals surface area contributed by atoms with E-state index in [0.29, 0.717) is 5.69 Å². The van der Waals surface area contributed by atoms with E-state index in [0.717, 1.165) is 24.0 Å². The lowest BCUT2D eigenvalue weighted by Gasteiger charge is -2.09. The van der Waals surface area contributed by atoms with E-state index in [1.54, 1.807) is 18.2 Å². The summed E-state index contributed by atoms with van der Waals surface area (Å²) in [5.74, 6) is 0. The minimum absolute atomic E-state index is 0.289. The van der Waals surface area contributed by atoms with E-state index in [1.165, 1.54) is 0 Å². The topological polar surface area (TPSA) is 46.2 Å². The molecule has 0 aliphatic carbocycles. The summed E-state index contributed by atoms with van der Waals surface area (Å²) in [6, 6.07) is 14.4. The zero-order valence-corrected chi connectivity index (χ0v) is 12.6. The van der Waals surface area contributed by atoms with Crippen LogP contribution in [-0.2, 0) is 22.9 Å². The quantitative estimate of drug-likeness (QED) is 0.914. The second-order valence-corrected chi connectivity index (χ2v) is 6.34. The first-order valence-corrected chi connectivity index (χ1v) is 8.24. The van der Waals surface area contributed by atoms with Crippen LogP contribution in [0.1, 0.15) is 25.0 Å². The first-order chi connectivity index (χ1) is 9.55. The van der Waals surface area contributed by atoms with Crippen LogP contribution < -0.4 is 4.72 Å². The average Bonchev–Trinajstić information content (AvgIpc) is 2.47.